The van der Waals surface area contributed by atoms with E-state index in [0.29, 0.717) is 5.56 Å². The number of carbonyl (C=O) groups excluding carboxylic acids is 1. The van der Waals surface area contributed by atoms with Crippen molar-refractivity contribution in [3.63, 3.8) is 0 Å². The maximum absolute atomic E-state index is 13.4. The minimum absolute atomic E-state index is 0.0473. The third kappa shape index (κ3) is 2.98. The van der Waals surface area contributed by atoms with Crippen LogP contribution in [-0.2, 0) is 6.54 Å². The van der Waals surface area contributed by atoms with E-state index < -0.39 is 5.91 Å². The van der Waals surface area contributed by atoms with E-state index in [-0.39, 0.29) is 29.6 Å². The first-order chi connectivity index (χ1) is 9.08. The summed E-state index contributed by atoms with van der Waals surface area (Å²) in [6.45, 7) is 0.0787. The van der Waals surface area contributed by atoms with Gasteiger partial charge < -0.3 is 16.8 Å². The number of rotatable bonds is 3. The van der Waals surface area contributed by atoms with Gasteiger partial charge in [0.2, 0.25) is 0 Å². The standard InChI is InChI=1S/C13H13FN4O/c14-10-4-2-1-3-8(10)7-17-13(19)9-5-6-11(15)18-12(9)16/h1-6H,7H2,(H,17,19)(H4,15,16,18). The lowest BCUT2D eigenvalue weighted by molar-refractivity contribution is 0.0951. The Bertz CT molecular complexity index is 615. The van der Waals surface area contributed by atoms with Gasteiger partial charge in [0.25, 0.3) is 5.91 Å². The Balaban J connectivity index is 2.08. The highest BCUT2D eigenvalue weighted by Crippen LogP contribution is 2.11. The van der Waals surface area contributed by atoms with Gasteiger partial charge in [-0.1, -0.05) is 18.2 Å². The first kappa shape index (κ1) is 12.8. The van der Waals surface area contributed by atoms with Crippen LogP contribution in [0, 0.1) is 5.82 Å². The molecule has 1 aromatic heterocycles. The molecule has 0 aliphatic carbocycles. The number of nitrogens with zero attached hydrogens (tertiary/aromatic N) is 1. The Labute approximate surface area is 109 Å². The zero-order chi connectivity index (χ0) is 13.8. The lowest BCUT2D eigenvalue weighted by Gasteiger charge is -2.08. The van der Waals surface area contributed by atoms with Gasteiger partial charge in [0, 0.05) is 12.1 Å². The summed E-state index contributed by atoms with van der Waals surface area (Å²) < 4.78 is 13.4. The third-order valence-electron chi connectivity index (χ3n) is 2.59. The fourth-order valence-electron chi connectivity index (χ4n) is 1.60. The molecule has 98 valence electrons. The number of nitrogen functional groups attached to an aromatic ring is 2. The maximum atomic E-state index is 13.4. The van der Waals surface area contributed by atoms with Crippen LogP contribution in [0.1, 0.15) is 15.9 Å². The van der Waals surface area contributed by atoms with Crippen LogP contribution in [0.5, 0.6) is 0 Å². The summed E-state index contributed by atoms with van der Waals surface area (Å²) in [5, 5.41) is 2.58. The molecule has 0 radical (unpaired) electrons. The van der Waals surface area contributed by atoms with Gasteiger partial charge in [-0.3, -0.25) is 4.79 Å². The predicted octanol–water partition coefficient (Wildman–Crippen LogP) is 1.32. The van der Waals surface area contributed by atoms with Gasteiger partial charge >= 0.3 is 0 Å². The number of pyridine rings is 1. The smallest absolute Gasteiger partial charge is 0.255 e. The molecule has 1 aromatic carbocycles. The Kier molecular flexibility index (Phi) is 3.61. The van der Waals surface area contributed by atoms with Gasteiger partial charge in [-0.15, -0.1) is 0 Å². The van der Waals surface area contributed by atoms with Crippen molar-refractivity contribution in [1.29, 1.82) is 0 Å². The van der Waals surface area contributed by atoms with E-state index in [1.165, 1.54) is 18.2 Å². The first-order valence-electron chi connectivity index (χ1n) is 5.61. The zero-order valence-corrected chi connectivity index (χ0v) is 10.1. The number of carbonyl (C=O) groups is 1. The highest BCUT2D eigenvalue weighted by Gasteiger charge is 2.11. The highest BCUT2D eigenvalue weighted by molar-refractivity contribution is 5.98. The molecule has 0 aliphatic heterocycles. The fraction of sp³-hybridized carbons (Fsp3) is 0.0769. The van der Waals surface area contributed by atoms with Crippen molar-refractivity contribution in [3.05, 3.63) is 53.3 Å². The summed E-state index contributed by atoms with van der Waals surface area (Å²) in [5.41, 5.74) is 11.6. The molecular weight excluding hydrogens is 247 g/mol. The zero-order valence-electron chi connectivity index (χ0n) is 10.1. The average Bonchev–Trinajstić information content (AvgIpc) is 2.37. The van der Waals surface area contributed by atoms with Gasteiger partial charge in [0.15, 0.2) is 0 Å². The van der Waals surface area contributed by atoms with Crippen LogP contribution in [0.3, 0.4) is 0 Å². The van der Waals surface area contributed by atoms with E-state index in [1.54, 1.807) is 18.2 Å². The van der Waals surface area contributed by atoms with E-state index in [1.807, 2.05) is 0 Å². The normalized spacial score (nSPS) is 10.2. The van der Waals surface area contributed by atoms with Gasteiger partial charge in [0.1, 0.15) is 17.5 Å². The Morgan fingerprint density at radius 1 is 1.21 bits per heavy atom. The van der Waals surface area contributed by atoms with Crippen molar-refractivity contribution in [2.75, 3.05) is 11.5 Å². The molecule has 19 heavy (non-hydrogen) atoms. The molecule has 1 amide bonds. The van der Waals surface area contributed by atoms with Crippen molar-refractivity contribution in [1.82, 2.24) is 10.3 Å². The third-order valence-corrected chi connectivity index (χ3v) is 2.59. The quantitative estimate of drug-likeness (QED) is 0.775. The Morgan fingerprint density at radius 2 is 1.95 bits per heavy atom. The lowest BCUT2D eigenvalue weighted by Crippen LogP contribution is -2.24. The van der Waals surface area contributed by atoms with Gasteiger partial charge in [0.05, 0.1) is 5.56 Å². The molecule has 0 saturated carbocycles. The summed E-state index contributed by atoms with van der Waals surface area (Å²) in [4.78, 5) is 15.7. The van der Waals surface area contributed by atoms with Gasteiger partial charge in [-0.05, 0) is 18.2 Å². The minimum atomic E-state index is -0.423. The van der Waals surface area contributed by atoms with E-state index in [4.69, 9.17) is 11.5 Å². The van der Waals surface area contributed by atoms with Crippen molar-refractivity contribution >= 4 is 17.5 Å². The van der Waals surface area contributed by atoms with Crippen molar-refractivity contribution in [3.8, 4) is 0 Å². The summed E-state index contributed by atoms with van der Waals surface area (Å²) in [6.07, 6.45) is 0. The molecule has 0 saturated heterocycles. The molecule has 5 N–H and O–H groups in total. The van der Waals surface area contributed by atoms with Gasteiger partial charge in [-0.25, -0.2) is 9.37 Å². The molecule has 6 heteroatoms. The predicted molar refractivity (Wildman–Crippen MR) is 70.6 cm³/mol. The second kappa shape index (κ2) is 5.34. The Morgan fingerprint density at radius 3 is 2.63 bits per heavy atom. The van der Waals surface area contributed by atoms with Crippen LogP contribution in [-0.4, -0.2) is 10.9 Å². The van der Waals surface area contributed by atoms with Crippen molar-refractivity contribution in [2.45, 2.75) is 6.54 Å². The molecule has 1 heterocycles. The van der Waals surface area contributed by atoms with Crippen LogP contribution < -0.4 is 16.8 Å². The lowest BCUT2D eigenvalue weighted by atomic mass is 10.2. The van der Waals surface area contributed by atoms with E-state index in [2.05, 4.69) is 10.3 Å². The number of anilines is 2. The molecule has 0 atom stereocenters. The molecule has 0 aliphatic rings. The summed E-state index contributed by atoms with van der Waals surface area (Å²) in [6, 6.07) is 9.18. The molecular formula is C13H13FN4O. The van der Waals surface area contributed by atoms with E-state index in [9.17, 15) is 9.18 Å². The first-order valence-corrected chi connectivity index (χ1v) is 5.61. The van der Waals surface area contributed by atoms with Crippen LogP contribution in [0.15, 0.2) is 36.4 Å². The molecule has 0 bridgehead atoms. The second-order valence-electron chi connectivity index (χ2n) is 3.94. The number of benzene rings is 1. The summed E-state index contributed by atoms with van der Waals surface area (Å²) in [5.74, 6) is -0.506. The summed E-state index contributed by atoms with van der Waals surface area (Å²) >= 11 is 0. The monoisotopic (exact) mass is 260 g/mol. The number of nitrogens with one attached hydrogen (secondary N) is 1. The fourth-order valence-corrected chi connectivity index (χ4v) is 1.60. The number of aromatic nitrogens is 1. The molecule has 0 unspecified atom stereocenters. The highest BCUT2D eigenvalue weighted by atomic mass is 19.1. The largest absolute Gasteiger partial charge is 0.384 e. The van der Waals surface area contributed by atoms with Crippen molar-refractivity contribution < 1.29 is 9.18 Å². The topological polar surface area (TPSA) is 94.0 Å². The Hall–Kier alpha value is -2.63. The number of amides is 1. The number of hydrogen-bond donors (Lipinski definition) is 3. The van der Waals surface area contributed by atoms with E-state index >= 15 is 0 Å². The average molecular weight is 260 g/mol. The van der Waals surface area contributed by atoms with Gasteiger partial charge in [-0.2, -0.15) is 0 Å². The van der Waals surface area contributed by atoms with E-state index in [0.717, 1.165) is 0 Å². The molecule has 5 nitrogen and oxygen atoms in total. The second-order valence-corrected chi connectivity index (χ2v) is 3.94. The minimum Gasteiger partial charge on any atom is -0.384 e. The van der Waals surface area contributed by atoms with Crippen LogP contribution >= 0.6 is 0 Å². The van der Waals surface area contributed by atoms with Crippen LogP contribution in [0.4, 0.5) is 16.0 Å². The SMILES string of the molecule is Nc1ccc(C(=O)NCc2ccccc2F)c(N)n1. The number of hydrogen-bond acceptors (Lipinski definition) is 4. The number of nitrogens with two attached hydrogens (primary N) is 2. The maximum Gasteiger partial charge on any atom is 0.255 e. The molecule has 0 spiro atoms. The molecule has 0 fully saturated rings. The van der Waals surface area contributed by atoms with Crippen LogP contribution in [0.2, 0.25) is 0 Å². The van der Waals surface area contributed by atoms with Crippen molar-refractivity contribution in [2.24, 2.45) is 0 Å². The summed E-state index contributed by atoms with van der Waals surface area (Å²) in [7, 11) is 0. The molecule has 2 aromatic rings. The number of halogens is 1. The van der Waals surface area contributed by atoms with Crippen LogP contribution in [0.25, 0.3) is 0 Å². The molecule has 2 rings (SSSR count).